The van der Waals surface area contributed by atoms with Crippen LogP contribution in [0.3, 0.4) is 0 Å². The molecule has 0 radical (unpaired) electrons. The van der Waals surface area contributed by atoms with E-state index in [1.807, 2.05) is 58.0 Å². The van der Waals surface area contributed by atoms with Gasteiger partial charge in [-0.25, -0.2) is 12.8 Å². The number of ether oxygens (including phenoxy) is 1. The van der Waals surface area contributed by atoms with Crippen LogP contribution in [-0.2, 0) is 32.6 Å². The molecule has 0 unspecified atom stereocenters. The maximum Gasteiger partial charge on any atom is 0.264 e. The first-order valence-electron chi connectivity index (χ1n) is 15.7. The number of sulfonamides is 1. The second-order valence-corrected chi connectivity index (χ2v) is 13.3. The van der Waals surface area contributed by atoms with E-state index in [2.05, 4.69) is 5.32 Å². The van der Waals surface area contributed by atoms with Crippen molar-refractivity contribution in [2.24, 2.45) is 0 Å². The summed E-state index contributed by atoms with van der Waals surface area (Å²) in [6, 6.07) is 26.7. The van der Waals surface area contributed by atoms with Gasteiger partial charge >= 0.3 is 0 Å². The molecule has 2 atom stereocenters. The van der Waals surface area contributed by atoms with Crippen molar-refractivity contribution in [3.05, 3.63) is 126 Å². The van der Waals surface area contributed by atoms with Crippen LogP contribution in [0.1, 0.15) is 43.9 Å². The SMILES string of the molecule is CCOc1ccc(N(CC(=O)N(Cc2ccc(F)cc2)[C@@H](Cc2ccccc2)C(=O)N[C@@H](C)CC)S(=O)(=O)c2ccc(C)cc2)cc1. The van der Waals surface area contributed by atoms with E-state index in [4.69, 9.17) is 4.74 Å². The minimum Gasteiger partial charge on any atom is -0.494 e. The summed E-state index contributed by atoms with van der Waals surface area (Å²) in [5, 5.41) is 3.01. The first-order chi connectivity index (χ1) is 22.5. The maximum atomic E-state index is 14.5. The third-order valence-electron chi connectivity index (χ3n) is 7.86. The minimum atomic E-state index is -4.24. The van der Waals surface area contributed by atoms with E-state index in [1.54, 1.807) is 48.5 Å². The Bertz CT molecular complexity index is 1720. The molecule has 0 saturated heterocycles. The number of anilines is 1. The number of nitrogens with zero attached hydrogens (tertiary/aromatic N) is 2. The van der Waals surface area contributed by atoms with Gasteiger partial charge in [0.1, 0.15) is 24.2 Å². The van der Waals surface area contributed by atoms with Crippen LogP contribution in [0.25, 0.3) is 0 Å². The molecule has 1 N–H and O–H groups in total. The Labute approximate surface area is 277 Å². The molecule has 2 amide bonds. The first kappa shape index (κ1) is 35.2. The van der Waals surface area contributed by atoms with Crippen molar-refractivity contribution in [1.29, 1.82) is 0 Å². The van der Waals surface area contributed by atoms with Crippen LogP contribution in [0.15, 0.2) is 108 Å². The molecule has 0 saturated carbocycles. The van der Waals surface area contributed by atoms with Crippen LogP contribution >= 0.6 is 0 Å². The monoisotopic (exact) mass is 659 g/mol. The molecule has 0 aromatic heterocycles. The van der Waals surface area contributed by atoms with Gasteiger partial charge in [0.25, 0.3) is 10.0 Å². The van der Waals surface area contributed by atoms with Crippen LogP contribution in [0.2, 0.25) is 0 Å². The molecule has 4 rings (SSSR count). The van der Waals surface area contributed by atoms with Crippen molar-refractivity contribution in [3.63, 3.8) is 0 Å². The normalized spacial score (nSPS) is 12.5. The van der Waals surface area contributed by atoms with Gasteiger partial charge in [-0.2, -0.15) is 0 Å². The standard InChI is InChI=1S/C37H42FN3O5S/c1-5-28(4)39-37(43)35(24-29-10-8-7-9-11-29)40(25-30-14-16-31(38)17-15-30)36(42)26-41(32-18-20-33(21-19-32)46-6-2)47(44,45)34-22-12-27(3)13-23-34/h7-23,28,35H,5-6,24-26H2,1-4H3,(H,39,43)/t28-,35-/m0/s1. The molecule has 4 aromatic carbocycles. The smallest absolute Gasteiger partial charge is 0.264 e. The number of carbonyl (C=O) groups excluding carboxylic acids is 2. The highest BCUT2D eigenvalue weighted by molar-refractivity contribution is 7.92. The van der Waals surface area contributed by atoms with E-state index in [9.17, 15) is 22.4 Å². The van der Waals surface area contributed by atoms with Crippen LogP contribution in [0, 0.1) is 12.7 Å². The number of rotatable bonds is 15. The Morgan fingerprint density at radius 3 is 2.09 bits per heavy atom. The molecule has 0 bridgehead atoms. The van der Waals surface area contributed by atoms with Gasteiger partial charge < -0.3 is 15.0 Å². The van der Waals surface area contributed by atoms with Gasteiger partial charge in [0.05, 0.1) is 17.2 Å². The third-order valence-corrected chi connectivity index (χ3v) is 9.65. The Kier molecular flexibility index (Phi) is 12.1. The Hall–Kier alpha value is -4.70. The average molecular weight is 660 g/mol. The molecular weight excluding hydrogens is 617 g/mol. The lowest BCUT2D eigenvalue weighted by atomic mass is 10.0. The highest BCUT2D eigenvalue weighted by atomic mass is 32.2. The van der Waals surface area contributed by atoms with E-state index in [0.717, 1.165) is 15.4 Å². The van der Waals surface area contributed by atoms with Crippen molar-refractivity contribution in [2.75, 3.05) is 17.5 Å². The number of benzene rings is 4. The molecular formula is C37H42FN3O5S. The number of hydrogen-bond acceptors (Lipinski definition) is 5. The zero-order chi connectivity index (χ0) is 34.0. The molecule has 8 nitrogen and oxygen atoms in total. The number of amides is 2. The molecule has 248 valence electrons. The van der Waals surface area contributed by atoms with Crippen LogP contribution < -0.4 is 14.4 Å². The number of aryl methyl sites for hydroxylation is 1. The largest absolute Gasteiger partial charge is 0.494 e. The molecule has 0 aliphatic heterocycles. The van der Waals surface area contributed by atoms with Gasteiger partial charge in [-0.1, -0.05) is 67.1 Å². The summed E-state index contributed by atoms with van der Waals surface area (Å²) in [5.41, 5.74) is 2.55. The van der Waals surface area contributed by atoms with Gasteiger partial charge in [0.2, 0.25) is 11.8 Å². The zero-order valence-electron chi connectivity index (χ0n) is 27.2. The topological polar surface area (TPSA) is 96.0 Å². The van der Waals surface area contributed by atoms with Gasteiger partial charge in [0.15, 0.2) is 0 Å². The second kappa shape index (κ2) is 16.2. The van der Waals surface area contributed by atoms with Gasteiger partial charge in [-0.3, -0.25) is 13.9 Å². The molecule has 0 spiro atoms. The molecule has 0 fully saturated rings. The van der Waals surface area contributed by atoms with Crippen molar-refractivity contribution in [1.82, 2.24) is 10.2 Å². The van der Waals surface area contributed by atoms with Crippen LogP contribution in [0.4, 0.5) is 10.1 Å². The number of hydrogen-bond donors (Lipinski definition) is 1. The van der Waals surface area contributed by atoms with Crippen molar-refractivity contribution in [3.8, 4) is 5.75 Å². The van der Waals surface area contributed by atoms with Crippen molar-refractivity contribution < 1.29 is 27.1 Å². The zero-order valence-corrected chi connectivity index (χ0v) is 28.0. The fourth-order valence-corrected chi connectivity index (χ4v) is 6.44. The molecule has 0 heterocycles. The molecule has 10 heteroatoms. The Balaban J connectivity index is 1.80. The first-order valence-corrected chi connectivity index (χ1v) is 17.2. The van der Waals surface area contributed by atoms with E-state index >= 15 is 0 Å². The van der Waals surface area contributed by atoms with Gasteiger partial charge in [-0.15, -0.1) is 0 Å². The average Bonchev–Trinajstić information content (AvgIpc) is 3.07. The molecule has 0 aliphatic carbocycles. The van der Waals surface area contributed by atoms with Gasteiger partial charge in [0, 0.05) is 19.0 Å². The molecule has 4 aromatic rings. The maximum absolute atomic E-state index is 14.5. The van der Waals surface area contributed by atoms with Crippen LogP contribution in [-0.4, -0.2) is 50.4 Å². The Morgan fingerprint density at radius 2 is 1.49 bits per heavy atom. The van der Waals surface area contributed by atoms with Crippen molar-refractivity contribution in [2.45, 2.75) is 64.1 Å². The predicted octanol–water partition coefficient (Wildman–Crippen LogP) is 6.28. The van der Waals surface area contributed by atoms with Crippen LogP contribution in [0.5, 0.6) is 5.75 Å². The minimum absolute atomic E-state index is 0.0187. The number of halogens is 1. The number of nitrogens with one attached hydrogen (secondary N) is 1. The summed E-state index contributed by atoms with van der Waals surface area (Å²) in [7, 11) is -4.24. The lowest BCUT2D eigenvalue weighted by Crippen LogP contribution is -2.54. The lowest BCUT2D eigenvalue weighted by Gasteiger charge is -2.34. The summed E-state index contributed by atoms with van der Waals surface area (Å²) < 4.78 is 48.9. The summed E-state index contributed by atoms with van der Waals surface area (Å²) in [4.78, 5) is 29.8. The molecule has 0 aliphatic rings. The third kappa shape index (κ3) is 9.42. The summed E-state index contributed by atoms with van der Waals surface area (Å²) in [5.74, 6) is -0.850. The number of carbonyl (C=O) groups is 2. The van der Waals surface area contributed by atoms with E-state index in [-0.39, 0.29) is 35.5 Å². The summed E-state index contributed by atoms with van der Waals surface area (Å²) in [6.07, 6.45) is 0.861. The van der Waals surface area contributed by atoms with E-state index in [0.29, 0.717) is 24.3 Å². The highest BCUT2D eigenvalue weighted by Crippen LogP contribution is 2.27. The lowest BCUT2D eigenvalue weighted by molar-refractivity contribution is -0.140. The predicted molar refractivity (Wildman–Crippen MR) is 182 cm³/mol. The fraction of sp³-hybridized carbons (Fsp3) is 0.297. The second-order valence-electron chi connectivity index (χ2n) is 11.4. The fourth-order valence-electron chi connectivity index (χ4n) is 5.02. The highest BCUT2D eigenvalue weighted by Gasteiger charge is 2.35. The van der Waals surface area contributed by atoms with E-state index in [1.165, 1.54) is 29.2 Å². The molecule has 47 heavy (non-hydrogen) atoms. The van der Waals surface area contributed by atoms with E-state index < -0.39 is 34.3 Å². The Morgan fingerprint density at radius 1 is 0.851 bits per heavy atom. The quantitative estimate of drug-likeness (QED) is 0.162. The van der Waals surface area contributed by atoms with Gasteiger partial charge in [-0.05, 0) is 86.8 Å². The van der Waals surface area contributed by atoms with Crippen molar-refractivity contribution >= 4 is 27.5 Å². The summed E-state index contributed by atoms with van der Waals surface area (Å²) >= 11 is 0. The summed E-state index contributed by atoms with van der Waals surface area (Å²) in [6.45, 7) is 7.33.